The number of hydrogen-bond acceptors (Lipinski definition) is 3. The molecule has 0 saturated heterocycles. The molecule has 0 saturated carbocycles. The van der Waals surface area contributed by atoms with E-state index in [0.29, 0.717) is 0 Å². The summed E-state index contributed by atoms with van der Waals surface area (Å²) in [4.78, 5) is 9.16. The summed E-state index contributed by atoms with van der Waals surface area (Å²) in [7, 11) is 0. The van der Waals surface area contributed by atoms with Crippen molar-refractivity contribution in [3.63, 3.8) is 0 Å². The fourth-order valence-electron chi connectivity index (χ4n) is 5.04. The van der Waals surface area contributed by atoms with E-state index < -0.39 is 19.2 Å². The third-order valence-corrected chi connectivity index (χ3v) is 12.8. The van der Waals surface area contributed by atoms with E-state index in [9.17, 15) is 0 Å². The van der Waals surface area contributed by atoms with E-state index >= 15 is 0 Å². The topological polar surface area (TPSA) is 25.8 Å². The third kappa shape index (κ3) is 6.89. The second-order valence-electron chi connectivity index (χ2n) is 11.5. The van der Waals surface area contributed by atoms with Gasteiger partial charge in [-0.15, -0.1) is 23.3 Å². The van der Waals surface area contributed by atoms with E-state index in [4.69, 9.17) is 1.37 Å². The molecular weight excluding hydrogens is 757 g/mol. The van der Waals surface area contributed by atoms with Crippen LogP contribution in [0.5, 0.6) is 0 Å². The van der Waals surface area contributed by atoms with Gasteiger partial charge in [-0.25, -0.2) is 0 Å². The zero-order valence-electron chi connectivity index (χ0n) is 25.7. The van der Waals surface area contributed by atoms with Crippen molar-refractivity contribution in [3.8, 4) is 22.5 Å². The predicted molar refractivity (Wildman–Crippen MR) is 176 cm³/mol. The minimum Gasteiger partial charge on any atom is -0.305 e. The summed E-state index contributed by atoms with van der Waals surface area (Å²) in [5.41, 5.74) is 7.60. The van der Waals surface area contributed by atoms with Gasteiger partial charge in [0.15, 0.2) is 0 Å². The molecule has 3 aromatic heterocycles. The minimum atomic E-state index is -1.77. The molecule has 0 amide bonds. The summed E-state index contributed by atoms with van der Waals surface area (Å²) in [5, 5.41) is 2.59. The zero-order valence-corrected chi connectivity index (χ0v) is 30.0. The summed E-state index contributed by atoms with van der Waals surface area (Å²) in [6, 6.07) is 31.4. The van der Waals surface area contributed by atoms with Crippen molar-refractivity contribution < 1.29 is 21.5 Å². The first kappa shape index (κ1) is 29.9. The van der Waals surface area contributed by atoms with Crippen LogP contribution in [0.2, 0.25) is 17.3 Å². The molecule has 6 rings (SSSR count). The molecule has 0 spiro atoms. The summed E-state index contributed by atoms with van der Waals surface area (Å²) in [6.07, 6.45) is 3.87. The molecule has 0 aliphatic heterocycles. The Labute approximate surface area is 266 Å². The van der Waals surface area contributed by atoms with E-state index in [-0.39, 0.29) is 20.1 Å². The van der Waals surface area contributed by atoms with Crippen LogP contribution in [0.25, 0.3) is 42.7 Å². The summed E-state index contributed by atoms with van der Waals surface area (Å²) < 4.78 is 12.3. The van der Waals surface area contributed by atoms with E-state index in [0.717, 1.165) is 28.1 Å². The second-order valence-corrected chi connectivity index (χ2v) is 23.1. The van der Waals surface area contributed by atoms with Crippen LogP contribution in [-0.2, 0) is 20.1 Å². The van der Waals surface area contributed by atoms with Gasteiger partial charge in [-0.05, 0) is 33.8 Å². The van der Waals surface area contributed by atoms with Crippen molar-refractivity contribution >= 4 is 49.2 Å². The number of rotatable bonds is 4. The second kappa shape index (κ2) is 13.1. The van der Waals surface area contributed by atoms with Crippen molar-refractivity contribution in [3.05, 3.63) is 114 Å². The molecular formula is C36H36GeIrN2S-2. The summed E-state index contributed by atoms with van der Waals surface area (Å²) >= 11 is 0.0199. The number of benzene rings is 3. The molecule has 3 heterocycles. The average Bonchev–Trinajstić information content (AvgIpc) is 3.33. The van der Waals surface area contributed by atoms with Crippen LogP contribution in [0.1, 0.15) is 37.8 Å². The molecule has 5 heteroatoms. The number of thiophene rings is 1. The molecule has 2 nitrogen and oxygen atoms in total. The molecule has 0 aliphatic carbocycles. The van der Waals surface area contributed by atoms with Crippen LogP contribution in [0, 0.1) is 26.0 Å². The Morgan fingerprint density at radius 2 is 1.63 bits per heavy atom. The van der Waals surface area contributed by atoms with Gasteiger partial charge < -0.3 is 4.98 Å². The normalized spacial score (nSPS) is 11.9. The molecule has 0 aliphatic rings. The number of fused-ring (bicyclic) bond motifs is 3. The number of pyridine rings is 2. The average molecular weight is 795 g/mol. The number of nitrogens with zero attached hydrogens (tertiary/aromatic N) is 2. The maximum Gasteiger partial charge on any atom is 0.0346 e. The minimum absolute atomic E-state index is 0. The van der Waals surface area contributed by atoms with Crippen molar-refractivity contribution in [2.45, 2.75) is 50.9 Å². The first-order valence-electron chi connectivity index (χ1n) is 14.2. The van der Waals surface area contributed by atoms with Gasteiger partial charge in [0.05, 0.1) is 0 Å². The van der Waals surface area contributed by atoms with Gasteiger partial charge in [0.25, 0.3) is 0 Å². The molecule has 0 fully saturated rings. The quantitative estimate of drug-likeness (QED) is 0.131. The number of aromatic nitrogens is 2. The molecule has 1 radical (unpaired) electrons. The van der Waals surface area contributed by atoms with Crippen LogP contribution < -0.4 is 4.40 Å². The first-order chi connectivity index (χ1) is 19.4. The summed E-state index contributed by atoms with van der Waals surface area (Å²) in [5.74, 6) is 6.57. The molecule has 6 aromatic rings. The largest absolute Gasteiger partial charge is 0.305 e. The SMILES string of the molecule is Cc1cc(-c2[c-]cccc2)nc[c]1[Ge]([CH3])([CH3])[CH3].[2H]C(C)(C)c1ccnc(-c2[c-]cc(C)c3c2sc2ccccc23)c1.[Ir]. The Morgan fingerprint density at radius 3 is 2.32 bits per heavy atom. The molecule has 41 heavy (non-hydrogen) atoms. The van der Waals surface area contributed by atoms with Crippen LogP contribution >= 0.6 is 11.3 Å². The summed E-state index contributed by atoms with van der Waals surface area (Å²) in [6.45, 7) is 8.14. The Kier molecular flexibility index (Phi) is 9.56. The van der Waals surface area contributed by atoms with Gasteiger partial charge in [-0.1, -0.05) is 56.0 Å². The van der Waals surface area contributed by atoms with Crippen molar-refractivity contribution in [2.24, 2.45) is 0 Å². The zero-order chi connectivity index (χ0) is 29.4. The molecule has 0 unspecified atom stereocenters. The van der Waals surface area contributed by atoms with Gasteiger partial charge in [-0.3, -0.25) is 0 Å². The Hall–Kier alpha value is -2.63. The van der Waals surface area contributed by atoms with E-state index in [1.165, 1.54) is 35.7 Å². The van der Waals surface area contributed by atoms with Gasteiger partial charge in [-0.2, -0.15) is 11.3 Å². The van der Waals surface area contributed by atoms with Crippen molar-refractivity contribution in [1.29, 1.82) is 0 Å². The van der Waals surface area contributed by atoms with Crippen molar-refractivity contribution in [1.82, 2.24) is 9.97 Å². The fourth-order valence-corrected chi connectivity index (χ4v) is 9.91. The number of hydrogen-bond donors (Lipinski definition) is 0. The maximum atomic E-state index is 8.28. The molecule has 0 N–H and O–H groups in total. The molecule has 0 atom stereocenters. The van der Waals surface area contributed by atoms with Gasteiger partial charge in [0.2, 0.25) is 0 Å². The van der Waals surface area contributed by atoms with Gasteiger partial charge >= 0.3 is 106 Å². The van der Waals surface area contributed by atoms with Crippen LogP contribution in [0.3, 0.4) is 0 Å². The number of aryl methyl sites for hydroxylation is 2. The van der Waals surface area contributed by atoms with Crippen LogP contribution in [-0.4, -0.2) is 23.2 Å². The molecule has 3 aromatic carbocycles. The maximum absolute atomic E-state index is 8.28. The van der Waals surface area contributed by atoms with Crippen LogP contribution in [0.15, 0.2) is 85.2 Å². The Morgan fingerprint density at radius 1 is 0.878 bits per heavy atom. The van der Waals surface area contributed by atoms with E-state index in [1.54, 1.807) is 17.5 Å². The fraction of sp³-hybridized carbons (Fsp3) is 0.222. The first-order valence-corrected chi connectivity index (χ1v) is 21.8. The van der Waals surface area contributed by atoms with Gasteiger partial charge in [0.1, 0.15) is 0 Å². The van der Waals surface area contributed by atoms with E-state index in [1.807, 2.05) is 44.2 Å². The van der Waals surface area contributed by atoms with Crippen molar-refractivity contribution in [2.75, 3.05) is 0 Å². The van der Waals surface area contributed by atoms with Crippen LogP contribution in [0.4, 0.5) is 0 Å². The Balaban J connectivity index is 0.000000200. The van der Waals surface area contributed by atoms with E-state index in [2.05, 4.69) is 102 Å². The molecule has 211 valence electrons. The predicted octanol–water partition coefficient (Wildman–Crippen LogP) is 9.75. The smallest absolute Gasteiger partial charge is 0.0346 e. The Bertz CT molecular complexity index is 1840. The van der Waals surface area contributed by atoms with Gasteiger partial charge in [0, 0.05) is 32.4 Å². The third-order valence-electron chi connectivity index (χ3n) is 7.15. The standard InChI is InChI=1S/C21H18NS.C15H18GeN.Ir/c1-13(2)15-10-11-22-18(12-15)16-9-8-14(3)20-17-6-4-5-7-19(17)23-21(16)20;1-12-10-15(13-8-6-5-7-9-13)17-11-14(12)16(2,3)4;/h4-8,10-13H,1-3H3;5-8,10-11H,1-4H3;/q2*-1;/i13D;;. The molecule has 0 bridgehead atoms. The monoisotopic (exact) mass is 796 g/mol.